The van der Waals surface area contributed by atoms with Crippen LogP contribution in [0.3, 0.4) is 0 Å². The van der Waals surface area contributed by atoms with Crippen molar-refractivity contribution in [3.63, 3.8) is 0 Å². The molecule has 5 nitrogen and oxygen atoms in total. The third-order valence-corrected chi connectivity index (χ3v) is 6.04. The van der Waals surface area contributed by atoms with Crippen LogP contribution in [0.4, 0.5) is 4.79 Å². The van der Waals surface area contributed by atoms with Gasteiger partial charge < -0.3 is 15.7 Å². The summed E-state index contributed by atoms with van der Waals surface area (Å²) in [5.74, 6) is 0.707. The van der Waals surface area contributed by atoms with Crippen molar-refractivity contribution in [2.24, 2.45) is 11.8 Å². The molecule has 2 saturated carbocycles. The molecular formula is C17H27N3O2S. The average molecular weight is 337 g/mol. The van der Waals surface area contributed by atoms with Crippen LogP contribution in [0, 0.1) is 18.8 Å². The molecule has 2 aliphatic rings. The van der Waals surface area contributed by atoms with Crippen molar-refractivity contribution < 1.29 is 9.90 Å². The number of urea groups is 1. The lowest BCUT2D eigenvalue weighted by Crippen LogP contribution is -2.47. The number of aliphatic hydroxyl groups excluding tert-OH is 1. The number of carbonyl (C=O) groups excluding carboxylic acids is 1. The van der Waals surface area contributed by atoms with E-state index in [9.17, 15) is 9.90 Å². The Labute approximate surface area is 141 Å². The molecule has 3 N–H and O–H groups in total. The van der Waals surface area contributed by atoms with Gasteiger partial charge in [0.15, 0.2) is 0 Å². The number of rotatable bonds is 5. The molecule has 0 saturated heterocycles. The van der Waals surface area contributed by atoms with Gasteiger partial charge in [0.05, 0.1) is 6.04 Å². The van der Waals surface area contributed by atoms with Gasteiger partial charge in [0.25, 0.3) is 0 Å². The molecule has 23 heavy (non-hydrogen) atoms. The second-order valence-corrected chi connectivity index (χ2v) is 7.84. The zero-order valence-corrected chi connectivity index (χ0v) is 14.6. The van der Waals surface area contributed by atoms with E-state index in [2.05, 4.69) is 15.6 Å². The summed E-state index contributed by atoms with van der Waals surface area (Å²) in [6, 6.07) is 0.00698. The first kappa shape index (κ1) is 16.7. The molecule has 2 fully saturated rings. The molecule has 0 bridgehead atoms. The predicted molar refractivity (Wildman–Crippen MR) is 91.4 cm³/mol. The van der Waals surface area contributed by atoms with E-state index in [0.29, 0.717) is 5.92 Å². The number of hydrogen-bond donors (Lipinski definition) is 3. The highest BCUT2D eigenvalue weighted by molar-refractivity contribution is 7.09. The fourth-order valence-corrected chi connectivity index (χ4v) is 4.41. The Kier molecular flexibility index (Phi) is 5.54. The van der Waals surface area contributed by atoms with Gasteiger partial charge in [0.1, 0.15) is 5.01 Å². The zero-order chi connectivity index (χ0) is 16.2. The highest BCUT2D eigenvalue weighted by atomic mass is 32.1. The van der Waals surface area contributed by atoms with Crippen molar-refractivity contribution in [1.82, 2.24) is 15.6 Å². The molecule has 1 aromatic rings. The zero-order valence-electron chi connectivity index (χ0n) is 13.8. The van der Waals surface area contributed by atoms with E-state index in [1.54, 1.807) is 11.3 Å². The maximum Gasteiger partial charge on any atom is 0.315 e. The summed E-state index contributed by atoms with van der Waals surface area (Å²) in [6.45, 7) is 2.14. The number of thiazole rings is 1. The maximum absolute atomic E-state index is 12.5. The molecule has 0 radical (unpaired) electrons. The molecule has 3 rings (SSSR count). The van der Waals surface area contributed by atoms with Gasteiger partial charge in [-0.25, -0.2) is 9.78 Å². The first-order valence-corrected chi connectivity index (χ1v) is 9.65. The second kappa shape index (κ2) is 7.62. The fraction of sp³-hybridized carbons (Fsp3) is 0.765. The van der Waals surface area contributed by atoms with Gasteiger partial charge in [-0.3, -0.25) is 0 Å². The van der Waals surface area contributed by atoms with Gasteiger partial charge in [0.2, 0.25) is 0 Å². The lowest BCUT2D eigenvalue weighted by molar-refractivity contribution is 0.178. The van der Waals surface area contributed by atoms with Crippen LogP contribution in [0.1, 0.15) is 61.7 Å². The smallest absolute Gasteiger partial charge is 0.315 e. The van der Waals surface area contributed by atoms with E-state index in [0.717, 1.165) is 49.2 Å². The monoisotopic (exact) mass is 337 g/mol. The van der Waals surface area contributed by atoms with Crippen LogP contribution in [-0.4, -0.2) is 28.8 Å². The van der Waals surface area contributed by atoms with Crippen molar-refractivity contribution in [3.8, 4) is 0 Å². The minimum atomic E-state index is -0.111. The minimum absolute atomic E-state index is 0.0343. The summed E-state index contributed by atoms with van der Waals surface area (Å²) < 4.78 is 0. The van der Waals surface area contributed by atoms with E-state index < -0.39 is 0 Å². The molecule has 6 heteroatoms. The summed E-state index contributed by atoms with van der Waals surface area (Å²) in [5, 5.41) is 18.9. The number of carbonyl (C=O) groups is 1. The molecule has 3 unspecified atom stereocenters. The van der Waals surface area contributed by atoms with Crippen LogP contribution in [0.25, 0.3) is 0 Å². The average Bonchev–Trinajstić information content (AvgIpc) is 3.31. The number of amides is 2. The van der Waals surface area contributed by atoms with Crippen LogP contribution < -0.4 is 10.6 Å². The Morgan fingerprint density at radius 1 is 1.35 bits per heavy atom. The molecule has 2 amide bonds. The summed E-state index contributed by atoms with van der Waals surface area (Å²) in [7, 11) is 0. The van der Waals surface area contributed by atoms with Crippen molar-refractivity contribution in [2.45, 2.75) is 64.0 Å². The normalized spacial score (nSPS) is 26.3. The quantitative estimate of drug-likeness (QED) is 0.723. The lowest BCUT2D eigenvalue weighted by Gasteiger charge is -2.26. The van der Waals surface area contributed by atoms with Crippen LogP contribution in [-0.2, 0) is 0 Å². The predicted octanol–water partition coefficient (Wildman–Crippen LogP) is 3.14. The fourth-order valence-electron chi connectivity index (χ4n) is 3.47. The molecule has 1 aromatic heterocycles. The Morgan fingerprint density at radius 3 is 2.78 bits per heavy atom. The van der Waals surface area contributed by atoms with Gasteiger partial charge in [-0.15, -0.1) is 11.3 Å². The number of hydrogen-bond acceptors (Lipinski definition) is 4. The summed E-state index contributed by atoms with van der Waals surface area (Å²) in [6.07, 6.45) is 7.74. The van der Waals surface area contributed by atoms with Crippen LogP contribution in [0.5, 0.6) is 0 Å². The lowest BCUT2D eigenvalue weighted by atomic mass is 9.96. The van der Waals surface area contributed by atoms with Crippen molar-refractivity contribution >= 4 is 17.4 Å². The largest absolute Gasteiger partial charge is 0.396 e. The number of aryl methyl sites for hydroxylation is 1. The maximum atomic E-state index is 12.5. The summed E-state index contributed by atoms with van der Waals surface area (Å²) >= 11 is 1.63. The SMILES string of the molecule is Cc1csc(C(NC(=O)NC2CCCCCC2CO)C2CC2)n1. The molecular weight excluding hydrogens is 310 g/mol. The van der Waals surface area contributed by atoms with Crippen LogP contribution in [0.15, 0.2) is 5.38 Å². The molecule has 0 aliphatic heterocycles. The summed E-state index contributed by atoms with van der Waals surface area (Å²) in [4.78, 5) is 17.0. The summed E-state index contributed by atoms with van der Waals surface area (Å²) in [5.41, 5.74) is 1.02. The van der Waals surface area contributed by atoms with E-state index in [1.807, 2.05) is 12.3 Å². The minimum Gasteiger partial charge on any atom is -0.396 e. The first-order valence-electron chi connectivity index (χ1n) is 8.77. The topological polar surface area (TPSA) is 74.2 Å². The number of aliphatic hydroxyl groups is 1. The van der Waals surface area contributed by atoms with Crippen LogP contribution >= 0.6 is 11.3 Å². The van der Waals surface area contributed by atoms with E-state index in [4.69, 9.17) is 0 Å². The standard InChI is InChI=1S/C17H27N3O2S/c1-11-10-23-16(18-11)15(12-7-8-12)20-17(22)19-14-6-4-2-3-5-13(14)9-21/h10,12-15,21H,2-9H2,1H3,(H2,19,20,22). The van der Waals surface area contributed by atoms with Crippen LogP contribution in [0.2, 0.25) is 0 Å². The molecule has 3 atom stereocenters. The van der Waals surface area contributed by atoms with Crippen molar-refractivity contribution in [2.75, 3.05) is 6.61 Å². The molecule has 0 spiro atoms. The van der Waals surface area contributed by atoms with Gasteiger partial charge in [-0.1, -0.05) is 19.3 Å². The van der Waals surface area contributed by atoms with E-state index in [-0.39, 0.29) is 30.6 Å². The van der Waals surface area contributed by atoms with E-state index >= 15 is 0 Å². The Balaban J connectivity index is 1.60. The number of nitrogens with zero attached hydrogens (tertiary/aromatic N) is 1. The highest BCUT2D eigenvalue weighted by Gasteiger charge is 2.36. The molecule has 1 heterocycles. The number of nitrogens with one attached hydrogen (secondary N) is 2. The van der Waals surface area contributed by atoms with Gasteiger partial charge >= 0.3 is 6.03 Å². The van der Waals surface area contributed by atoms with Gasteiger partial charge in [0, 0.05) is 29.6 Å². The van der Waals surface area contributed by atoms with Gasteiger partial charge in [-0.2, -0.15) is 0 Å². The van der Waals surface area contributed by atoms with E-state index in [1.165, 1.54) is 6.42 Å². The highest BCUT2D eigenvalue weighted by Crippen LogP contribution is 2.41. The molecule has 0 aromatic carbocycles. The Hall–Kier alpha value is -1.14. The van der Waals surface area contributed by atoms with Crippen molar-refractivity contribution in [3.05, 3.63) is 16.1 Å². The third kappa shape index (κ3) is 4.44. The Bertz CT molecular complexity index is 530. The Morgan fingerprint density at radius 2 is 2.13 bits per heavy atom. The van der Waals surface area contributed by atoms with Gasteiger partial charge in [-0.05, 0) is 38.5 Å². The first-order chi connectivity index (χ1) is 11.2. The number of aromatic nitrogens is 1. The van der Waals surface area contributed by atoms with Crippen molar-refractivity contribution in [1.29, 1.82) is 0 Å². The second-order valence-electron chi connectivity index (χ2n) is 6.95. The third-order valence-electron chi connectivity index (χ3n) is 4.99. The molecule has 128 valence electrons. The molecule has 2 aliphatic carbocycles.